The summed E-state index contributed by atoms with van der Waals surface area (Å²) in [6, 6.07) is 7.21. The van der Waals surface area contributed by atoms with Gasteiger partial charge in [-0.05, 0) is 40.8 Å². The van der Waals surface area contributed by atoms with Gasteiger partial charge in [-0.2, -0.15) is 5.10 Å². The predicted molar refractivity (Wildman–Crippen MR) is 84.6 cm³/mol. The van der Waals surface area contributed by atoms with Crippen LogP contribution >= 0.6 is 38.5 Å². The van der Waals surface area contributed by atoms with Crippen LogP contribution in [0.2, 0.25) is 0 Å². The van der Waals surface area contributed by atoms with Gasteiger partial charge in [0.1, 0.15) is 0 Å². The quantitative estimate of drug-likeness (QED) is 0.754. The van der Waals surface area contributed by atoms with Gasteiger partial charge in [-0.1, -0.05) is 15.9 Å². The Labute approximate surface area is 132 Å². The minimum Gasteiger partial charge on any atom is -0.481 e. The first-order valence-electron chi connectivity index (χ1n) is 5.35. The fraction of sp³-hybridized carbons (Fsp3) is 0.167. The lowest BCUT2D eigenvalue weighted by atomic mass is 10.2. The second-order valence-corrected chi connectivity index (χ2v) is 5.85. The third-order valence-corrected chi connectivity index (χ3v) is 3.89. The van der Waals surface area contributed by atoms with E-state index >= 15 is 0 Å². The van der Waals surface area contributed by atoms with Crippen molar-refractivity contribution in [3.8, 4) is 5.88 Å². The number of methoxy groups -OCH3 is 1. The first-order valence-corrected chi connectivity index (χ1v) is 7.23. The van der Waals surface area contributed by atoms with E-state index < -0.39 is 0 Å². The zero-order valence-electron chi connectivity index (χ0n) is 10.3. The summed E-state index contributed by atoms with van der Waals surface area (Å²) in [5.74, 6) is 0.839. The van der Waals surface area contributed by atoms with Crippen molar-refractivity contribution in [1.82, 2.24) is 9.78 Å². The number of rotatable bonds is 3. The third-order valence-electron chi connectivity index (χ3n) is 2.46. The summed E-state index contributed by atoms with van der Waals surface area (Å²) in [5, 5.41) is 6.89. The maximum Gasteiger partial charge on any atom is 0.257 e. The Morgan fingerprint density at radius 3 is 2.84 bits per heavy atom. The van der Waals surface area contributed by atoms with Gasteiger partial charge in [-0.3, -0.25) is 4.79 Å². The van der Waals surface area contributed by atoms with E-state index in [-0.39, 0.29) is 5.91 Å². The van der Waals surface area contributed by atoms with Crippen molar-refractivity contribution in [3.05, 3.63) is 37.9 Å². The number of amides is 1. The Hall–Kier alpha value is -1.09. The molecule has 19 heavy (non-hydrogen) atoms. The first kappa shape index (κ1) is 14.3. The molecule has 0 aliphatic heterocycles. The molecule has 1 amide bonds. The van der Waals surface area contributed by atoms with Gasteiger partial charge in [-0.25, -0.2) is 4.68 Å². The zero-order valence-corrected chi connectivity index (χ0v) is 14.0. The predicted octanol–water partition coefficient (Wildman–Crippen LogP) is 3.05. The summed E-state index contributed by atoms with van der Waals surface area (Å²) in [7, 11) is 3.30. The molecule has 0 fully saturated rings. The van der Waals surface area contributed by atoms with E-state index in [0.717, 1.165) is 8.04 Å². The Balaban J connectivity index is 2.22. The molecule has 0 bridgehead atoms. The summed E-state index contributed by atoms with van der Waals surface area (Å²) < 4.78 is 8.39. The molecular formula is C12H11BrIN3O2. The van der Waals surface area contributed by atoms with Crippen molar-refractivity contribution < 1.29 is 9.53 Å². The average Bonchev–Trinajstić information content (AvgIpc) is 2.72. The number of anilines is 1. The van der Waals surface area contributed by atoms with E-state index in [4.69, 9.17) is 4.74 Å². The minimum atomic E-state index is -0.202. The molecule has 0 unspecified atom stereocenters. The summed E-state index contributed by atoms with van der Waals surface area (Å²) in [5.41, 5.74) is 0.597. The van der Waals surface area contributed by atoms with Crippen LogP contribution in [0.15, 0.2) is 28.7 Å². The van der Waals surface area contributed by atoms with Crippen LogP contribution in [0.3, 0.4) is 0 Å². The fourth-order valence-corrected chi connectivity index (χ4v) is 2.50. The first-order chi connectivity index (χ1) is 9.01. The molecule has 5 nitrogen and oxygen atoms in total. The molecule has 1 aromatic heterocycles. The van der Waals surface area contributed by atoms with E-state index in [0.29, 0.717) is 17.3 Å². The minimum absolute atomic E-state index is 0.202. The van der Waals surface area contributed by atoms with Crippen molar-refractivity contribution in [2.24, 2.45) is 7.05 Å². The molecule has 7 heteroatoms. The zero-order chi connectivity index (χ0) is 14.0. The van der Waals surface area contributed by atoms with Crippen molar-refractivity contribution in [1.29, 1.82) is 0 Å². The Bertz CT molecular complexity index is 627. The standard InChI is InChI=1S/C12H11BrIN3O2/c1-17-11(19-2)6-10(16-17)15-12(18)8-5-7(13)3-4-9(8)14/h3-6H,1-2H3,(H,15,16,18). The number of halogens is 2. The Morgan fingerprint density at radius 2 is 2.21 bits per heavy atom. The van der Waals surface area contributed by atoms with Gasteiger partial charge >= 0.3 is 0 Å². The Morgan fingerprint density at radius 1 is 1.47 bits per heavy atom. The number of benzene rings is 1. The molecular weight excluding hydrogens is 425 g/mol. The highest BCUT2D eigenvalue weighted by Gasteiger charge is 2.13. The summed E-state index contributed by atoms with van der Waals surface area (Å²) >= 11 is 5.48. The van der Waals surface area contributed by atoms with Crippen molar-refractivity contribution in [2.75, 3.05) is 12.4 Å². The number of nitrogens with zero attached hydrogens (tertiary/aromatic N) is 2. The largest absolute Gasteiger partial charge is 0.481 e. The summed E-state index contributed by atoms with van der Waals surface area (Å²) in [4.78, 5) is 12.2. The van der Waals surface area contributed by atoms with Gasteiger partial charge in [-0.15, -0.1) is 0 Å². The molecule has 0 spiro atoms. The van der Waals surface area contributed by atoms with Crippen molar-refractivity contribution >= 4 is 50.2 Å². The number of hydrogen-bond donors (Lipinski definition) is 1. The van der Waals surface area contributed by atoms with Gasteiger partial charge < -0.3 is 10.1 Å². The van der Waals surface area contributed by atoms with E-state index in [9.17, 15) is 4.79 Å². The molecule has 100 valence electrons. The van der Waals surface area contributed by atoms with Crippen LogP contribution < -0.4 is 10.1 Å². The van der Waals surface area contributed by atoms with Crippen LogP contribution in [0.5, 0.6) is 5.88 Å². The van der Waals surface area contributed by atoms with Gasteiger partial charge in [0, 0.05) is 21.2 Å². The van der Waals surface area contributed by atoms with Crippen molar-refractivity contribution in [2.45, 2.75) is 0 Å². The molecule has 0 aliphatic carbocycles. The van der Waals surface area contributed by atoms with Crippen LogP contribution in [0.25, 0.3) is 0 Å². The highest BCUT2D eigenvalue weighted by atomic mass is 127. The van der Waals surface area contributed by atoms with Crippen LogP contribution in [0.1, 0.15) is 10.4 Å². The number of aromatic nitrogens is 2. The number of carbonyl (C=O) groups is 1. The van der Waals surface area contributed by atoms with E-state index in [1.165, 1.54) is 0 Å². The van der Waals surface area contributed by atoms with Gasteiger partial charge in [0.25, 0.3) is 5.91 Å². The number of hydrogen-bond acceptors (Lipinski definition) is 3. The van der Waals surface area contributed by atoms with E-state index in [2.05, 4.69) is 48.9 Å². The second kappa shape index (κ2) is 5.91. The van der Waals surface area contributed by atoms with Crippen LogP contribution in [0, 0.1) is 3.57 Å². The number of aryl methyl sites for hydroxylation is 1. The second-order valence-electron chi connectivity index (χ2n) is 3.77. The molecule has 0 aliphatic rings. The van der Waals surface area contributed by atoms with Gasteiger partial charge in [0.05, 0.1) is 12.7 Å². The molecule has 0 saturated carbocycles. The lowest BCUT2D eigenvalue weighted by Gasteiger charge is -2.04. The smallest absolute Gasteiger partial charge is 0.257 e. The van der Waals surface area contributed by atoms with Gasteiger partial charge in [0.2, 0.25) is 5.88 Å². The number of ether oxygens (including phenoxy) is 1. The number of carbonyl (C=O) groups excluding carboxylic acids is 1. The molecule has 0 radical (unpaired) electrons. The molecule has 2 aromatic rings. The monoisotopic (exact) mass is 435 g/mol. The fourth-order valence-electron chi connectivity index (χ4n) is 1.56. The average molecular weight is 436 g/mol. The molecule has 1 N–H and O–H groups in total. The maximum absolute atomic E-state index is 12.2. The van der Waals surface area contributed by atoms with Crippen molar-refractivity contribution in [3.63, 3.8) is 0 Å². The topological polar surface area (TPSA) is 56.1 Å². The summed E-state index contributed by atoms with van der Waals surface area (Å²) in [6.07, 6.45) is 0. The molecule has 1 heterocycles. The van der Waals surface area contributed by atoms with Crippen LogP contribution in [-0.4, -0.2) is 22.8 Å². The SMILES string of the molecule is COc1cc(NC(=O)c2cc(Br)ccc2I)nn1C. The lowest BCUT2D eigenvalue weighted by molar-refractivity contribution is 0.102. The number of nitrogens with one attached hydrogen (secondary N) is 1. The normalized spacial score (nSPS) is 10.3. The molecule has 0 saturated heterocycles. The van der Waals surface area contributed by atoms with E-state index in [1.54, 1.807) is 31.0 Å². The highest BCUT2D eigenvalue weighted by Crippen LogP contribution is 2.21. The van der Waals surface area contributed by atoms with Gasteiger partial charge in [0.15, 0.2) is 5.82 Å². The Kier molecular flexibility index (Phi) is 4.46. The van der Waals surface area contributed by atoms with Crippen LogP contribution in [0.4, 0.5) is 5.82 Å². The summed E-state index contributed by atoms with van der Waals surface area (Å²) in [6.45, 7) is 0. The van der Waals surface area contributed by atoms with E-state index in [1.807, 2.05) is 12.1 Å². The molecule has 2 rings (SSSR count). The molecule has 1 aromatic carbocycles. The third kappa shape index (κ3) is 3.27. The highest BCUT2D eigenvalue weighted by molar-refractivity contribution is 14.1. The maximum atomic E-state index is 12.2. The molecule has 0 atom stereocenters. The lowest BCUT2D eigenvalue weighted by Crippen LogP contribution is -2.14. The van der Waals surface area contributed by atoms with Crippen LogP contribution in [-0.2, 0) is 7.05 Å².